The minimum Gasteiger partial charge on any atom is -0.493 e. The molecule has 0 aliphatic carbocycles. The van der Waals surface area contributed by atoms with Gasteiger partial charge in [0.05, 0.1) is 30.3 Å². The molecule has 0 heterocycles. The summed E-state index contributed by atoms with van der Waals surface area (Å²) >= 11 is 3.51. The molecule has 3 rings (SSSR count). The predicted octanol–water partition coefficient (Wildman–Crippen LogP) is 6.25. The monoisotopic (exact) mass is 467 g/mol. The molecule has 4 nitrogen and oxygen atoms in total. The summed E-state index contributed by atoms with van der Waals surface area (Å²) in [5.41, 5.74) is 2.92. The number of methoxy groups -OCH3 is 2. The zero-order valence-electron chi connectivity index (χ0n) is 16.5. The van der Waals surface area contributed by atoms with Gasteiger partial charge in [-0.3, -0.25) is 0 Å². The van der Waals surface area contributed by atoms with Crippen LogP contribution < -0.4 is 14.2 Å². The smallest absolute Gasteiger partial charge is 0.161 e. The van der Waals surface area contributed by atoms with E-state index in [1.165, 1.54) is 12.1 Å². The van der Waals surface area contributed by atoms with Gasteiger partial charge >= 0.3 is 0 Å². The number of allylic oxidation sites excluding steroid dienone is 1. The number of hydrogen-bond acceptors (Lipinski definition) is 4. The molecule has 0 saturated heterocycles. The van der Waals surface area contributed by atoms with Crippen molar-refractivity contribution in [2.24, 2.45) is 0 Å². The summed E-state index contributed by atoms with van der Waals surface area (Å²) in [5, 5.41) is 9.63. The van der Waals surface area contributed by atoms with Gasteiger partial charge in [-0.05, 0) is 81.2 Å². The van der Waals surface area contributed by atoms with Gasteiger partial charge in [0.1, 0.15) is 18.2 Å². The Bertz CT molecular complexity index is 1100. The third kappa shape index (κ3) is 5.19. The van der Waals surface area contributed by atoms with Crippen molar-refractivity contribution < 1.29 is 18.6 Å². The Morgan fingerprint density at radius 2 is 1.67 bits per heavy atom. The Balaban J connectivity index is 1.80. The van der Waals surface area contributed by atoms with Gasteiger partial charge in [-0.2, -0.15) is 5.26 Å². The van der Waals surface area contributed by atoms with Gasteiger partial charge in [0.25, 0.3) is 0 Å². The first-order valence-electron chi connectivity index (χ1n) is 9.05. The van der Waals surface area contributed by atoms with E-state index in [2.05, 4.69) is 22.0 Å². The second kappa shape index (κ2) is 9.95. The van der Waals surface area contributed by atoms with Crippen molar-refractivity contribution in [1.82, 2.24) is 0 Å². The topological polar surface area (TPSA) is 51.5 Å². The van der Waals surface area contributed by atoms with Crippen LogP contribution in [0.5, 0.6) is 17.2 Å². The van der Waals surface area contributed by atoms with Crippen LogP contribution >= 0.6 is 15.9 Å². The van der Waals surface area contributed by atoms with Gasteiger partial charge in [-0.1, -0.05) is 18.2 Å². The van der Waals surface area contributed by atoms with E-state index in [-0.39, 0.29) is 5.82 Å². The Kier molecular flexibility index (Phi) is 7.10. The van der Waals surface area contributed by atoms with E-state index in [4.69, 9.17) is 14.2 Å². The SMILES string of the molecule is COc1ccc(/C(C#N)=C/c2ccc(OCc3ccc(F)cc3)c(Br)c2)cc1OC. The summed E-state index contributed by atoms with van der Waals surface area (Å²) in [7, 11) is 3.12. The second-order valence-corrected chi connectivity index (χ2v) is 7.20. The molecule has 0 N–H and O–H groups in total. The van der Waals surface area contributed by atoms with Crippen molar-refractivity contribution >= 4 is 27.6 Å². The molecular formula is C24H19BrFNO3. The first-order chi connectivity index (χ1) is 14.5. The fraction of sp³-hybridized carbons (Fsp3) is 0.125. The number of benzene rings is 3. The summed E-state index contributed by atoms with van der Waals surface area (Å²) < 4.78 is 30.1. The first-order valence-corrected chi connectivity index (χ1v) is 9.84. The fourth-order valence-electron chi connectivity index (χ4n) is 2.82. The Labute approximate surface area is 183 Å². The molecule has 0 radical (unpaired) electrons. The molecule has 30 heavy (non-hydrogen) atoms. The fourth-order valence-corrected chi connectivity index (χ4v) is 3.33. The average Bonchev–Trinajstić information content (AvgIpc) is 2.77. The van der Waals surface area contributed by atoms with Crippen LogP contribution in [0.2, 0.25) is 0 Å². The standard InChI is InChI=1S/C24H19BrFNO3/c1-28-23-10-6-18(13-24(23)29-2)19(14-27)11-17-5-9-22(21(25)12-17)30-15-16-3-7-20(26)8-4-16/h3-13H,15H2,1-2H3/b19-11+. The highest BCUT2D eigenvalue weighted by molar-refractivity contribution is 9.10. The average molecular weight is 468 g/mol. The number of halogens is 2. The molecule has 0 aliphatic rings. The van der Waals surface area contributed by atoms with Gasteiger partial charge in [0.15, 0.2) is 11.5 Å². The number of ether oxygens (including phenoxy) is 3. The molecule has 6 heteroatoms. The van der Waals surface area contributed by atoms with Crippen LogP contribution in [0.1, 0.15) is 16.7 Å². The lowest BCUT2D eigenvalue weighted by molar-refractivity contribution is 0.304. The third-order valence-corrected chi connectivity index (χ3v) is 5.01. The van der Waals surface area contributed by atoms with Gasteiger partial charge in [-0.15, -0.1) is 0 Å². The van der Waals surface area contributed by atoms with E-state index in [0.717, 1.165) is 21.2 Å². The quantitative estimate of drug-likeness (QED) is 0.304. The van der Waals surface area contributed by atoms with Crippen LogP contribution in [-0.2, 0) is 6.61 Å². The van der Waals surface area contributed by atoms with Crippen molar-refractivity contribution in [2.75, 3.05) is 14.2 Å². The molecule has 0 spiro atoms. The summed E-state index contributed by atoms with van der Waals surface area (Å²) in [4.78, 5) is 0. The Morgan fingerprint density at radius 1 is 0.967 bits per heavy atom. The maximum absolute atomic E-state index is 13.0. The highest BCUT2D eigenvalue weighted by atomic mass is 79.9. The molecular weight excluding hydrogens is 449 g/mol. The molecule has 152 valence electrons. The molecule has 0 aromatic heterocycles. The predicted molar refractivity (Wildman–Crippen MR) is 118 cm³/mol. The van der Waals surface area contributed by atoms with Gasteiger partial charge in [-0.25, -0.2) is 4.39 Å². The van der Waals surface area contributed by atoms with Crippen molar-refractivity contribution in [1.29, 1.82) is 5.26 Å². The minimum atomic E-state index is -0.279. The lowest BCUT2D eigenvalue weighted by atomic mass is 10.0. The maximum atomic E-state index is 13.0. The molecule has 0 saturated carbocycles. The summed E-state index contributed by atoms with van der Waals surface area (Å²) in [6.45, 7) is 0.323. The zero-order valence-corrected chi connectivity index (χ0v) is 18.1. The molecule has 0 unspecified atom stereocenters. The second-order valence-electron chi connectivity index (χ2n) is 6.34. The van der Waals surface area contributed by atoms with E-state index in [0.29, 0.717) is 29.4 Å². The van der Waals surface area contributed by atoms with Crippen molar-refractivity contribution in [3.05, 3.63) is 87.6 Å². The summed E-state index contributed by atoms with van der Waals surface area (Å²) in [5.74, 6) is 1.53. The zero-order chi connectivity index (χ0) is 21.5. The highest BCUT2D eigenvalue weighted by Crippen LogP contribution is 2.32. The molecule has 0 bridgehead atoms. The minimum absolute atomic E-state index is 0.279. The number of rotatable bonds is 7. The Hall–Kier alpha value is -3.30. The van der Waals surface area contributed by atoms with Crippen LogP contribution in [0.4, 0.5) is 4.39 Å². The van der Waals surface area contributed by atoms with Crippen LogP contribution in [0.3, 0.4) is 0 Å². The van der Waals surface area contributed by atoms with Crippen LogP contribution in [0, 0.1) is 17.1 Å². The molecule has 3 aromatic rings. The lowest BCUT2D eigenvalue weighted by Crippen LogP contribution is -1.96. The van der Waals surface area contributed by atoms with Crippen LogP contribution in [-0.4, -0.2) is 14.2 Å². The molecule has 0 fully saturated rings. The summed E-state index contributed by atoms with van der Waals surface area (Å²) in [6.07, 6.45) is 1.79. The van der Waals surface area contributed by atoms with Gasteiger partial charge < -0.3 is 14.2 Å². The number of nitriles is 1. The maximum Gasteiger partial charge on any atom is 0.161 e. The summed E-state index contributed by atoms with van der Waals surface area (Å²) in [6, 6.07) is 19.3. The van der Waals surface area contributed by atoms with Crippen molar-refractivity contribution in [3.8, 4) is 23.3 Å². The highest BCUT2D eigenvalue weighted by Gasteiger charge is 2.09. The van der Waals surface area contributed by atoms with Gasteiger partial charge in [0, 0.05) is 0 Å². The van der Waals surface area contributed by atoms with Crippen molar-refractivity contribution in [3.63, 3.8) is 0 Å². The lowest BCUT2D eigenvalue weighted by Gasteiger charge is -2.10. The third-order valence-electron chi connectivity index (χ3n) is 4.39. The van der Waals surface area contributed by atoms with E-state index < -0.39 is 0 Å². The van der Waals surface area contributed by atoms with E-state index in [1.54, 1.807) is 44.6 Å². The van der Waals surface area contributed by atoms with Gasteiger partial charge in [0.2, 0.25) is 0 Å². The number of nitrogens with zero attached hydrogens (tertiary/aromatic N) is 1. The normalized spacial score (nSPS) is 11.0. The van der Waals surface area contributed by atoms with Crippen molar-refractivity contribution in [2.45, 2.75) is 6.61 Å². The Morgan fingerprint density at radius 3 is 2.30 bits per heavy atom. The van der Waals surface area contributed by atoms with E-state index >= 15 is 0 Å². The number of hydrogen-bond donors (Lipinski definition) is 0. The molecule has 3 aromatic carbocycles. The molecule has 0 atom stereocenters. The van der Waals surface area contributed by atoms with E-state index in [1.807, 2.05) is 24.3 Å². The largest absolute Gasteiger partial charge is 0.493 e. The van der Waals surface area contributed by atoms with Crippen LogP contribution in [0.25, 0.3) is 11.6 Å². The van der Waals surface area contributed by atoms with Crippen LogP contribution in [0.15, 0.2) is 65.1 Å². The molecule has 0 aliphatic heterocycles. The first kappa shape index (κ1) is 21.4. The van der Waals surface area contributed by atoms with E-state index in [9.17, 15) is 9.65 Å². The molecule has 0 amide bonds.